The number of aliphatic carboxylic acids is 1. The zero-order valence-corrected chi connectivity index (χ0v) is 10.3. The smallest absolute Gasteiger partial charge is 0.320 e. The predicted octanol–water partition coefficient (Wildman–Crippen LogP) is -0.315. The van der Waals surface area contributed by atoms with E-state index in [0.29, 0.717) is 5.56 Å². The van der Waals surface area contributed by atoms with Crippen molar-refractivity contribution in [1.29, 1.82) is 0 Å². The zero-order chi connectivity index (χ0) is 13.9. The van der Waals surface area contributed by atoms with Crippen molar-refractivity contribution in [3.8, 4) is 11.5 Å². The minimum absolute atomic E-state index is 0.0159. The van der Waals surface area contributed by atoms with Crippen LogP contribution in [-0.4, -0.2) is 36.9 Å². The molecule has 0 saturated carbocycles. The van der Waals surface area contributed by atoms with Crippen LogP contribution in [0.4, 0.5) is 0 Å². The number of aromatic hydroxyl groups is 1. The van der Waals surface area contributed by atoms with Gasteiger partial charge in [0, 0.05) is 0 Å². The number of benzene rings is 1. The average Bonchev–Trinajstić information content (AvgIpc) is 2.20. The monoisotopic (exact) mass is 275 g/mol. The number of hydrogen-bond donors (Lipinski definition) is 3. The number of carboxylic acids is 1. The van der Waals surface area contributed by atoms with Gasteiger partial charge in [-0.05, 0) is 24.1 Å². The van der Waals surface area contributed by atoms with Crippen LogP contribution in [-0.2, 0) is 21.3 Å². The summed E-state index contributed by atoms with van der Waals surface area (Å²) in [6.45, 7) is 0. The van der Waals surface area contributed by atoms with Gasteiger partial charge in [-0.25, -0.2) is 0 Å². The Hall–Kier alpha value is -1.80. The molecule has 4 N–H and O–H groups in total. The van der Waals surface area contributed by atoms with Crippen LogP contribution >= 0.6 is 0 Å². The molecular formula is C10H13NO6S. The first-order valence-electron chi connectivity index (χ1n) is 4.89. The summed E-state index contributed by atoms with van der Waals surface area (Å²) in [4.78, 5) is 10.6. The maximum Gasteiger partial charge on any atom is 0.320 e. The Kier molecular flexibility index (Phi) is 4.15. The third-order valence-electron chi connectivity index (χ3n) is 2.04. The molecule has 0 fully saturated rings. The summed E-state index contributed by atoms with van der Waals surface area (Å²) in [6.07, 6.45) is 0.864. The van der Waals surface area contributed by atoms with Crippen LogP contribution < -0.4 is 9.92 Å². The number of hydrogen-bond acceptors (Lipinski definition) is 6. The van der Waals surface area contributed by atoms with Crippen LogP contribution in [0.1, 0.15) is 5.56 Å². The van der Waals surface area contributed by atoms with E-state index in [2.05, 4.69) is 4.18 Å². The Morgan fingerprint density at radius 3 is 2.56 bits per heavy atom. The first-order chi connectivity index (χ1) is 8.19. The van der Waals surface area contributed by atoms with E-state index < -0.39 is 27.9 Å². The maximum absolute atomic E-state index is 10.9. The van der Waals surface area contributed by atoms with Crippen LogP contribution in [0.15, 0.2) is 18.2 Å². The molecule has 1 aromatic rings. The molecule has 0 aliphatic rings. The van der Waals surface area contributed by atoms with Gasteiger partial charge >= 0.3 is 16.1 Å². The number of phenolic OH excluding ortho intramolecular Hbond substituents is 1. The molecule has 0 spiro atoms. The highest BCUT2D eigenvalue weighted by molar-refractivity contribution is 7.86. The van der Waals surface area contributed by atoms with Crippen LogP contribution in [0.25, 0.3) is 0 Å². The lowest BCUT2D eigenvalue weighted by Gasteiger charge is -2.09. The highest BCUT2D eigenvalue weighted by Gasteiger charge is 2.14. The van der Waals surface area contributed by atoms with Crippen molar-refractivity contribution in [2.45, 2.75) is 12.5 Å². The van der Waals surface area contributed by atoms with Gasteiger partial charge in [-0.1, -0.05) is 6.07 Å². The van der Waals surface area contributed by atoms with E-state index in [0.717, 1.165) is 6.26 Å². The van der Waals surface area contributed by atoms with E-state index in [9.17, 15) is 18.3 Å². The highest BCUT2D eigenvalue weighted by atomic mass is 32.2. The quantitative estimate of drug-likeness (QED) is 0.629. The van der Waals surface area contributed by atoms with E-state index in [1.807, 2.05) is 0 Å². The topological polar surface area (TPSA) is 127 Å². The minimum Gasteiger partial charge on any atom is -0.504 e. The Bertz CT molecular complexity index is 553. The van der Waals surface area contributed by atoms with Crippen LogP contribution in [0, 0.1) is 0 Å². The first-order valence-corrected chi connectivity index (χ1v) is 6.70. The van der Waals surface area contributed by atoms with E-state index in [1.165, 1.54) is 18.2 Å². The molecule has 1 aromatic carbocycles. The van der Waals surface area contributed by atoms with Crippen molar-refractivity contribution in [3.05, 3.63) is 23.8 Å². The van der Waals surface area contributed by atoms with Gasteiger partial charge in [0.05, 0.1) is 6.26 Å². The van der Waals surface area contributed by atoms with Crippen molar-refractivity contribution >= 4 is 16.1 Å². The Labute approximate surface area is 104 Å². The van der Waals surface area contributed by atoms with Crippen molar-refractivity contribution in [3.63, 3.8) is 0 Å². The molecule has 1 atom stereocenters. The molecule has 0 bridgehead atoms. The summed E-state index contributed by atoms with van der Waals surface area (Å²) in [5.74, 6) is -1.77. The van der Waals surface area contributed by atoms with E-state index >= 15 is 0 Å². The van der Waals surface area contributed by atoms with Gasteiger partial charge < -0.3 is 20.1 Å². The maximum atomic E-state index is 10.9. The molecule has 0 heterocycles. The number of nitrogens with two attached hydrogens (primary N) is 1. The van der Waals surface area contributed by atoms with Crippen molar-refractivity contribution in [2.75, 3.05) is 6.26 Å². The Morgan fingerprint density at radius 2 is 2.11 bits per heavy atom. The largest absolute Gasteiger partial charge is 0.504 e. The number of phenols is 1. The summed E-state index contributed by atoms with van der Waals surface area (Å²) in [5.41, 5.74) is 5.79. The molecular weight excluding hydrogens is 262 g/mol. The average molecular weight is 275 g/mol. The highest BCUT2D eigenvalue weighted by Crippen LogP contribution is 2.28. The SMILES string of the molecule is CS(=O)(=O)Oc1ccc(C[C@H](N)C(=O)O)cc1O. The van der Waals surface area contributed by atoms with Gasteiger partial charge in [0.2, 0.25) is 0 Å². The molecule has 0 aliphatic heterocycles. The fourth-order valence-corrected chi connectivity index (χ4v) is 1.73. The standard InChI is InChI=1S/C10H13NO6S/c1-18(15,16)17-9-3-2-6(5-8(9)12)4-7(11)10(13)14/h2-3,5,7,12H,4,11H2,1H3,(H,13,14)/t7-/m0/s1. The summed E-state index contributed by atoms with van der Waals surface area (Å²) in [6, 6.07) is 2.79. The summed E-state index contributed by atoms with van der Waals surface area (Å²) < 4.78 is 26.3. The molecule has 0 unspecified atom stereocenters. The summed E-state index contributed by atoms with van der Waals surface area (Å²) >= 11 is 0. The molecule has 0 aliphatic carbocycles. The third kappa shape index (κ3) is 4.22. The molecule has 0 saturated heterocycles. The number of carboxylic acid groups (broad SMARTS) is 1. The van der Waals surface area contributed by atoms with Gasteiger partial charge in [-0.15, -0.1) is 0 Å². The van der Waals surface area contributed by atoms with Gasteiger partial charge in [-0.2, -0.15) is 8.42 Å². The second kappa shape index (κ2) is 5.23. The van der Waals surface area contributed by atoms with Gasteiger partial charge in [0.25, 0.3) is 0 Å². The van der Waals surface area contributed by atoms with Gasteiger partial charge in [0.15, 0.2) is 11.5 Å². The normalized spacial score (nSPS) is 13.0. The van der Waals surface area contributed by atoms with E-state index in [4.69, 9.17) is 10.8 Å². The Balaban J connectivity index is 2.89. The number of carbonyl (C=O) groups is 1. The van der Waals surface area contributed by atoms with Crippen molar-refractivity contribution < 1.29 is 27.6 Å². The van der Waals surface area contributed by atoms with Gasteiger partial charge in [-0.3, -0.25) is 4.79 Å². The number of rotatable bonds is 5. The molecule has 1 rings (SSSR count). The molecule has 0 amide bonds. The van der Waals surface area contributed by atoms with Crippen LogP contribution in [0.2, 0.25) is 0 Å². The first kappa shape index (κ1) is 14.3. The van der Waals surface area contributed by atoms with Gasteiger partial charge in [0.1, 0.15) is 6.04 Å². The molecule has 18 heavy (non-hydrogen) atoms. The van der Waals surface area contributed by atoms with E-state index in [-0.39, 0.29) is 12.2 Å². The second-order valence-electron chi connectivity index (χ2n) is 3.74. The predicted molar refractivity (Wildman–Crippen MR) is 62.9 cm³/mol. The molecule has 8 heteroatoms. The zero-order valence-electron chi connectivity index (χ0n) is 9.53. The lowest BCUT2D eigenvalue weighted by molar-refractivity contribution is -0.138. The third-order valence-corrected chi connectivity index (χ3v) is 2.52. The summed E-state index contributed by atoms with van der Waals surface area (Å²) in [5, 5.41) is 18.2. The Morgan fingerprint density at radius 1 is 1.50 bits per heavy atom. The molecule has 7 nitrogen and oxygen atoms in total. The van der Waals surface area contributed by atoms with Crippen molar-refractivity contribution in [1.82, 2.24) is 0 Å². The fraction of sp³-hybridized carbons (Fsp3) is 0.300. The van der Waals surface area contributed by atoms with Crippen LogP contribution in [0.5, 0.6) is 11.5 Å². The van der Waals surface area contributed by atoms with E-state index in [1.54, 1.807) is 0 Å². The molecule has 0 aromatic heterocycles. The lowest BCUT2D eigenvalue weighted by atomic mass is 10.1. The second-order valence-corrected chi connectivity index (χ2v) is 5.31. The summed E-state index contributed by atoms with van der Waals surface area (Å²) in [7, 11) is -3.73. The minimum atomic E-state index is -3.73. The molecule has 0 radical (unpaired) electrons. The van der Waals surface area contributed by atoms with Crippen molar-refractivity contribution in [2.24, 2.45) is 5.73 Å². The molecule has 100 valence electrons. The fourth-order valence-electron chi connectivity index (χ4n) is 1.26. The van der Waals surface area contributed by atoms with Crippen LogP contribution in [0.3, 0.4) is 0 Å². The lowest BCUT2D eigenvalue weighted by Crippen LogP contribution is -2.32.